The van der Waals surface area contributed by atoms with Crippen molar-refractivity contribution in [2.45, 2.75) is 31.7 Å². The van der Waals surface area contributed by atoms with Crippen LogP contribution in [0.2, 0.25) is 0 Å². The van der Waals surface area contributed by atoms with E-state index in [1.54, 1.807) is 24.3 Å². The van der Waals surface area contributed by atoms with Crippen molar-refractivity contribution >= 4 is 11.9 Å². The first-order valence-corrected chi connectivity index (χ1v) is 6.20. The lowest BCUT2D eigenvalue weighted by atomic mass is 10.1. The maximum atomic E-state index is 12.1. The van der Waals surface area contributed by atoms with Crippen LogP contribution in [-0.4, -0.2) is 25.0 Å². The molecule has 0 unspecified atom stereocenters. The van der Waals surface area contributed by atoms with Gasteiger partial charge in [-0.15, -0.1) is 0 Å². The van der Waals surface area contributed by atoms with Crippen molar-refractivity contribution in [2.75, 3.05) is 7.11 Å². The molecule has 4 nitrogen and oxygen atoms in total. The molecule has 0 radical (unpaired) electrons. The summed E-state index contributed by atoms with van der Waals surface area (Å²) in [5.74, 6) is -0.671. The van der Waals surface area contributed by atoms with E-state index in [1.807, 2.05) is 0 Å². The zero-order chi connectivity index (χ0) is 13.0. The number of carbonyl (C=O) groups is 2. The molecular formula is C14H17NO3. The minimum atomic E-state index is -0.479. The van der Waals surface area contributed by atoms with Crippen LogP contribution in [0.15, 0.2) is 24.3 Å². The molecule has 0 spiro atoms. The van der Waals surface area contributed by atoms with Crippen molar-refractivity contribution in [1.82, 2.24) is 5.32 Å². The molecule has 1 N–H and O–H groups in total. The molecule has 1 fully saturated rings. The van der Waals surface area contributed by atoms with Crippen LogP contribution in [0.5, 0.6) is 0 Å². The minimum absolute atomic E-state index is 0.192. The third-order valence-corrected chi connectivity index (χ3v) is 3.27. The largest absolute Gasteiger partial charge is 0.465 e. The molecular weight excluding hydrogens is 230 g/mol. The van der Waals surface area contributed by atoms with E-state index in [2.05, 4.69) is 10.1 Å². The highest BCUT2D eigenvalue weighted by atomic mass is 16.5. The van der Waals surface area contributed by atoms with Gasteiger partial charge in [0.15, 0.2) is 0 Å². The lowest BCUT2D eigenvalue weighted by Gasteiger charge is -2.13. The van der Waals surface area contributed by atoms with Crippen LogP contribution in [0.25, 0.3) is 0 Å². The van der Waals surface area contributed by atoms with E-state index >= 15 is 0 Å². The van der Waals surface area contributed by atoms with Gasteiger partial charge in [-0.25, -0.2) is 4.79 Å². The molecule has 1 aromatic rings. The first-order chi connectivity index (χ1) is 8.72. The molecule has 2 rings (SSSR count). The van der Waals surface area contributed by atoms with Crippen LogP contribution >= 0.6 is 0 Å². The topological polar surface area (TPSA) is 55.4 Å². The van der Waals surface area contributed by atoms with E-state index in [-0.39, 0.29) is 11.9 Å². The maximum absolute atomic E-state index is 12.1. The van der Waals surface area contributed by atoms with Crippen molar-refractivity contribution in [3.8, 4) is 0 Å². The van der Waals surface area contributed by atoms with Crippen molar-refractivity contribution in [3.63, 3.8) is 0 Å². The summed E-state index contributed by atoms with van der Waals surface area (Å²) in [5, 5.41) is 2.97. The molecule has 0 bridgehead atoms. The molecule has 18 heavy (non-hydrogen) atoms. The number of rotatable bonds is 3. The number of amides is 1. The van der Waals surface area contributed by atoms with Crippen molar-refractivity contribution < 1.29 is 14.3 Å². The lowest BCUT2D eigenvalue weighted by molar-refractivity contribution is 0.0596. The summed E-state index contributed by atoms with van der Waals surface area (Å²) < 4.78 is 4.68. The molecule has 0 heterocycles. The van der Waals surface area contributed by atoms with Crippen LogP contribution in [0.4, 0.5) is 0 Å². The Morgan fingerprint density at radius 2 is 1.78 bits per heavy atom. The fraction of sp³-hybridized carbons (Fsp3) is 0.429. The van der Waals surface area contributed by atoms with Gasteiger partial charge >= 0.3 is 5.97 Å². The van der Waals surface area contributed by atoms with Gasteiger partial charge in [0.25, 0.3) is 5.91 Å². The third kappa shape index (κ3) is 2.70. The Hall–Kier alpha value is -1.84. The van der Waals surface area contributed by atoms with Gasteiger partial charge in [-0.2, -0.15) is 0 Å². The van der Waals surface area contributed by atoms with Gasteiger partial charge in [0.1, 0.15) is 0 Å². The Kier molecular flexibility index (Phi) is 3.97. The number of esters is 1. The molecule has 4 heteroatoms. The average Bonchev–Trinajstić information content (AvgIpc) is 2.90. The second-order valence-electron chi connectivity index (χ2n) is 4.49. The highest BCUT2D eigenvalue weighted by molar-refractivity contribution is 6.05. The Labute approximate surface area is 106 Å². The van der Waals surface area contributed by atoms with Crippen molar-refractivity contribution in [2.24, 2.45) is 0 Å². The van der Waals surface area contributed by atoms with E-state index in [0.29, 0.717) is 11.1 Å². The summed E-state index contributed by atoms with van der Waals surface area (Å²) >= 11 is 0. The average molecular weight is 247 g/mol. The summed E-state index contributed by atoms with van der Waals surface area (Å²) in [6.45, 7) is 0. The molecule has 0 aliphatic heterocycles. The monoisotopic (exact) mass is 247 g/mol. The Bertz CT molecular complexity index is 450. The van der Waals surface area contributed by atoms with Gasteiger partial charge in [-0.1, -0.05) is 25.0 Å². The minimum Gasteiger partial charge on any atom is -0.465 e. The van der Waals surface area contributed by atoms with Crippen LogP contribution in [0.1, 0.15) is 46.4 Å². The number of methoxy groups -OCH3 is 1. The highest BCUT2D eigenvalue weighted by Gasteiger charge is 2.21. The Morgan fingerprint density at radius 1 is 1.17 bits per heavy atom. The zero-order valence-electron chi connectivity index (χ0n) is 10.4. The molecule has 0 atom stereocenters. The number of hydrogen-bond acceptors (Lipinski definition) is 3. The zero-order valence-corrected chi connectivity index (χ0v) is 10.4. The summed E-state index contributed by atoms with van der Waals surface area (Å²) in [4.78, 5) is 23.7. The SMILES string of the molecule is COC(=O)c1ccccc1C(=O)NC1CCCC1. The van der Waals surface area contributed by atoms with Gasteiger partial charge in [0, 0.05) is 6.04 Å². The van der Waals surface area contributed by atoms with Gasteiger partial charge in [0.2, 0.25) is 0 Å². The second kappa shape index (κ2) is 5.67. The number of nitrogens with one attached hydrogen (secondary N) is 1. The molecule has 1 aliphatic carbocycles. The molecule has 96 valence electrons. The van der Waals surface area contributed by atoms with Gasteiger partial charge in [0.05, 0.1) is 18.2 Å². The predicted octanol–water partition coefficient (Wildman–Crippen LogP) is 2.15. The summed E-state index contributed by atoms with van der Waals surface area (Å²) in [5.41, 5.74) is 0.701. The van der Waals surface area contributed by atoms with Crippen molar-refractivity contribution in [1.29, 1.82) is 0 Å². The summed E-state index contributed by atoms with van der Waals surface area (Å²) in [6, 6.07) is 6.96. The molecule has 1 aromatic carbocycles. The molecule has 1 aliphatic rings. The van der Waals surface area contributed by atoms with E-state index in [1.165, 1.54) is 7.11 Å². The lowest BCUT2D eigenvalue weighted by Crippen LogP contribution is -2.33. The molecule has 0 aromatic heterocycles. The molecule has 0 saturated heterocycles. The number of benzene rings is 1. The number of ether oxygens (including phenoxy) is 1. The normalized spacial score (nSPS) is 15.4. The molecule has 1 amide bonds. The first kappa shape index (κ1) is 12.6. The van der Waals surface area contributed by atoms with Gasteiger partial charge < -0.3 is 10.1 Å². The maximum Gasteiger partial charge on any atom is 0.338 e. The number of hydrogen-bond donors (Lipinski definition) is 1. The standard InChI is InChI=1S/C14H17NO3/c1-18-14(17)12-9-5-4-8-11(12)13(16)15-10-6-2-3-7-10/h4-5,8-10H,2-3,6-7H2,1H3,(H,15,16). The smallest absolute Gasteiger partial charge is 0.338 e. The van der Waals surface area contributed by atoms with Crippen LogP contribution in [-0.2, 0) is 4.74 Å². The third-order valence-electron chi connectivity index (χ3n) is 3.27. The molecule has 1 saturated carbocycles. The second-order valence-corrected chi connectivity index (χ2v) is 4.49. The van der Waals surface area contributed by atoms with E-state index < -0.39 is 5.97 Å². The fourth-order valence-corrected chi connectivity index (χ4v) is 2.30. The van der Waals surface area contributed by atoms with Gasteiger partial charge in [-0.3, -0.25) is 4.79 Å². The highest BCUT2D eigenvalue weighted by Crippen LogP contribution is 2.19. The summed E-state index contributed by atoms with van der Waals surface area (Å²) in [6.07, 6.45) is 4.35. The Morgan fingerprint density at radius 3 is 2.39 bits per heavy atom. The van der Waals surface area contributed by atoms with E-state index in [9.17, 15) is 9.59 Å². The van der Waals surface area contributed by atoms with E-state index in [4.69, 9.17) is 0 Å². The quantitative estimate of drug-likeness (QED) is 0.833. The van der Waals surface area contributed by atoms with Gasteiger partial charge in [-0.05, 0) is 25.0 Å². The van der Waals surface area contributed by atoms with E-state index in [0.717, 1.165) is 25.7 Å². The Balaban J connectivity index is 2.16. The van der Waals surface area contributed by atoms with Crippen LogP contribution in [0, 0.1) is 0 Å². The fourth-order valence-electron chi connectivity index (χ4n) is 2.30. The predicted molar refractivity (Wildman–Crippen MR) is 67.5 cm³/mol. The number of carbonyl (C=O) groups excluding carboxylic acids is 2. The van der Waals surface area contributed by atoms with Crippen molar-refractivity contribution in [3.05, 3.63) is 35.4 Å². The summed E-state index contributed by atoms with van der Waals surface area (Å²) in [7, 11) is 1.31. The first-order valence-electron chi connectivity index (χ1n) is 6.20. The van der Waals surface area contributed by atoms with Crippen LogP contribution < -0.4 is 5.32 Å². The van der Waals surface area contributed by atoms with Crippen LogP contribution in [0.3, 0.4) is 0 Å².